The average molecular weight is 285 g/mol. The third-order valence-electron chi connectivity index (χ3n) is 2.92. The van der Waals surface area contributed by atoms with Crippen molar-refractivity contribution >= 4 is 11.7 Å². The Bertz CT molecular complexity index is 667. The first-order valence-corrected chi connectivity index (χ1v) is 6.31. The normalized spacial score (nSPS) is 9.95. The number of hydrogen-bond donors (Lipinski definition) is 1. The summed E-state index contributed by atoms with van der Waals surface area (Å²) in [6.45, 7) is -0.204. The Morgan fingerprint density at radius 2 is 1.52 bits per heavy atom. The lowest BCUT2D eigenvalue weighted by Gasteiger charge is -2.10. The molecule has 0 aromatic heterocycles. The van der Waals surface area contributed by atoms with Crippen LogP contribution in [0.3, 0.4) is 0 Å². The monoisotopic (exact) mass is 285 g/mol. The van der Waals surface area contributed by atoms with Crippen LogP contribution in [0.1, 0.15) is 20.7 Å². The number of methoxy groups -OCH3 is 1. The van der Waals surface area contributed by atoms with Gasteiger partial charge >= 0.3 is 0 Å². The lowest BCUT2D eigenvalue weighted by Crippen LogP contribution is -2.16. The van der Waals surface area contributed by atoms with E-state index in [9.17, 15) is 9.59 Å². The fourth-order valence-corrected chi connectivity index (χ4v) is 1.89. The van der Waals surface area contributed by atoms with Crippen molar-refractivity contribution < 1.29 is 19.1 Å². The standard InChI is InChI=1S/C16H15NO4/c1-20-14-8-4-2-6-11(14)13(18)10-21-15-9-5-3-7-12(15)16(17)19/h2-9H,10H2,1H3,(H2,17,19). The number of ether oxygens (including phenoxy) is 2. The molecule has 1 amide bonds. The van der Waals surface area contributed by atoms with Crippen molar-refractivity contribution in [2.75, 3.05) is 13.7 Å². The van der Waals surface area contributed by atoms with E-state index >= 15 is 0 Å². The van der Waals surface area contributed by atoms with E-state index in [2.05, 4.69) is 0 Å². The summed E-state index contributed by atoms with van der Waals surface area (Å²) < 4.78 is 10.5. The number of amides is 1. The minimum Gasteiger partial charge on any atom is -0.496 e. The molecular weight excluding hydrogens is 270 g/mol. The van der Waals surface area contributed by atoms with Crippen LogP contribution >= 0.6 is 0 Å². The molecule has 0 fully saturated rings. The van der Waals surface area contributed by atoms with Crippen molar-refractivity contribution in [2.24, 2.45) is 5.73 Å². The molecular formula is C16H15NO4. The van der Waals surface area contributed by atoms with Gasteiger partial charge in [0.15, 0.2) is 6.61 Å². The third-order valence-corrected chi connectivity index (χ3v) is 2.92. The summed E-state index contributed by atoms with van der Waals surface area (Å²) in [7, 11) is 1.50. The molecule has 0 unspecified atom stereocenters. The van der Waals surface area contributed by atoms with Gasteiger partial charge in [0.1, 0.15) is 11.5 Å². The highest BCUT2D eigenvalue weighted by Gasteiger charge is 2.14. The van der Waals surface area contributed by atoms with Gasteiger partial charge in [0.2, 0.25) is 5.78 Å². The molecule has 5 heteroatoms. The Morgan fingerprint density at radius 1 is 0.952 bits per heavy atom. The number of ketones is 1. The average Bonchev–Trinajstić information content (AvgIpc) is 2.52. The third kappa shape index (κ3) is 3.39. The predicted molar refractivity (Wildman–Crippen MR) is 77.8 cm³/mol. The van der Waals surface area contributed by atoms with Crippen molar-refractivity contribution in [3.05, 3.63) is 59.7 Å². The van der Waals surface area contributed by atoms with E-state index in [1.165, 1.54) is 7.11 Å². The first kappa shape index (κ1) is 14.6. The number of nitrogens with two attached hydrogens (primary N) is 1. The number of hydrogen-bond acceptors (Lipinski definition) is 4. The number of Topliss-reactive ketones (excluding diaryl/α,β-unsaturated/α-hetero) is 1. The second-order valence-corrected chi connectivity index (χ2v) is 4.27. The number of rotatable bonds is 6. The van der Waals surface area contributed by atoms with Crippen LogP contribution < -0.4 is 15.2 Å². The number of primary amides is 1. The zero-order valence-corrected chi connectivity index (χ0v) is 11.5. The van der Waals surface area contributed by atoms with Crippen LogP contribution in [0.25, 0.3) is 0 Å². The Labute approximate surface area is 122 Å². The summed E-state index contributed by atoms with van der Waals surface area (Å²) >= 11 is 0. The Kier molecular flexibility index (Phi) is 4.56. The summed E-state index contributed by atoms with van der Waals surface area (Å²) in [4.78, 5) is 23.4. The first-order chi connectivity index (χ1) is 10.1. The van der Waals surface area contributed by atoms with E-state index in [0.29, 0.717) is 11.3 Å². The van der Waals surface area contributed by atoms with Gasteiger partial charge in [-0.3, -0.25) is 9.59 Å². The lowest BCUT2D eigenvalue weighted by atomic mass is 10.1. The van der Waals surface area contributed by atoms with E-state index in [-0.39, 0.29) is 23.7 Å². The minimum absolute atomic E-state index is 0.204. The highest BCUT2D eigenvalue weighted by molar-refractivity contribution is 6.00. The van der Waals surface area contributed by atoms with Crippen molar-refractivity contribution in [1.82, 2.24) is 0 Å². The summed E-state index contributed by atoms with van der Waals surface area (Å²) in [6.07, 6.45) is 0. The molecule has 0 aliphatic rings. The molecule has 21 heavy (non-hydrogen) atoms. The van der Waals surface area contributed by atoms with Crippen LogP contribution in [0.15, 0.2) is 48.5 Å². The Hall–Kier alpha value is -2.82. The molecule has 2 N–H and O–H groups in total. The second kappa shape index (κ2) is 6.56. The van der Waals surface area contributed by atoms with E-state index in [0.717, 1.165) is 0 Å². The highest BCUT2D eigenvalue weighted by atomic mass is 16.5. The molecule has 0 aliphatic heterocycles. The fraction of sp³-hybridized carbons (Fsp3) is 0.125. The van der Waals surface area contributed by atoms with Crippen molar-refractivity contribution in [1.29, 1.82) is 0 Å². The molecule has 0 bridgehead atoms. The van der Waals surface area contributed by atoms with E-state index in [1.807, 2.05) is 0 Å². The molecule has 5 nitrogen and oxygen atoms in total. The van der Waals surface area contributed by atoms with Crippen LogP contribution in [-0.2, 0) is 0 Å². The lowest BCUT2D eigenvalue weighted by molar-refractivity contribution is 0.0909. The van der Waals surface area contributed by atoms with Gasteiger partial charge in [-0.2, -0.15) is 0 Å². The molecule has 2 rings (SSSR count). The zero-order valence-electron chi connectivity index (χ0n) is 11.5. The summed E-state index contributed by atoms with van der Waals surface area (Å²) in [6, 6.07) is 13.4. The molecule has 0 saturated heterocycles. The fourth-order valence-electron chi connectivity index (χ4n) is 1.89. The Balaban J connectivity index is 2.13. The van der Waals surface area contributed by atoms with Crippen LogP contribution in [0.5, 0.6) is 11.5 Å². The van der Waals surface area contributed by atoms with E-state index < -0.39 is 5.91 Å². The minimum atomic E-state index is -0.602. The maximum atomic E-state index is 12.2. The predicted octanol–water partition coefficient (Wildman–Crippen LogP) is 2.06. The van der Waals surface area contributed by atoms with E-state index in [4.69, 9.17) is 15.2 Å². The molecule has 0 radical (unpaired) electrons. The molecule has 0 spiro atoms. The van der Waals surface area contributed by atoms with Crippen LogP contribution in [0, 0.1) is 0 Å². The smallest absolute Gasteiger partial charge is 0.252 e. The second-order valence-electron chi connectivity index (χ2n) is 4.27. The number of benzene rings is 2. The molecule has 108 valence electrons. The van der Waals surface area contributed by atoms with Gasteiger partial charge in [-0.05, 0) is 24.3 Å². The molecule has 2 aromatic carbocycles. The SMILES string of the molecule is COc1ccccc1C(=O)COc1ccccc1C(N)=O. The van der Waals surface area contributed by atoms with Crippen molar-refractivity contribution in [3.63, 3.8) is 0 Å². The van der Waals surface area contributed by atoms with Gasteiger partial charge in [-0.15, -0.1) is 0 Å². The van der Waals surface area contributed by atoms with E-state index in [1.54, 1.807) is 48.5 Å². The van der Waals surface area contributed by atoms with Gasteiger partial charge in [0.25, 0.3) is 5.91 Å². The van der Waals surface area contributed by atoms with Crippen molar-refractivity contribution in [3.8, 4) is 11.5 Å². The number of para-hydroxylation sites is 2. The topological polar surface area (TPSA) is 78.6 Å². The van der Waals surface area contributed by atoms with Gasteiger partial charge in [0.05, 0.1) is 18.2 Å². The Morgan fingerprint density at radius 3 is 2.14 bits per heavy atom. The zero-order chi connectivity index (χ0) is 15.2. The quantitative estimate of drug-likeness (QED) is 0.824. The van der Waals surface area contributed by atoms with Crippen LogP contribution in [0.2, 0.25) is 0 Å². The highest BCUT2D eigenvalue weighted by Crippen LogP contribution is 2.20. The summed E-state index contributed by atoms with van der Waals surface area (Å²) in [5, 5.41) is 0. The summed E-state index contributed by atoms with van der Waals surface area (Å²) in [5.41, 5.74) is 5.92. The number of carbonyl (C=O) groups excluding carboxylic acids is 2. The first-order valence-electron chi connectivity index (χ1n) is 6.31. The maximum absolute atomic E-state index is 12.2. The van der Waals surface area contributed by atoms with Gasteiger partial charge in [-0.25, -0.2) is 0 Å². The molecule has 0 saturated carbocycles. The van der Waals surface area contributed by atoms with Gasteiger partial charge in [0, 0.05) is 0 Å². The molecule has 2 aromatic rings. The summed E-state index contributed by atoms with van der Waals surface area (Å²) in [5.74, 6) is -0.0791. The molecule has 0 heterocycles. The molecule has 0 atom stereocenters. The van der Waals surface area contributed by atoms with Crippen LogP contribution in [-0.4, -0.2) is 25.4 Å². The van der Waals surface area contributed by atoms with Gasteiger partial charge in [-0.1, -0.05) is 24.3 Å². The van der Waals surface area contributed by atoms with Crippen LogP contribution in [0.4, 0.5) is 0 Å². The van der Waals surface area contributed by atoms with Gasteiger partial charge < -0.3 is 15.2 Å². The maximum Gasteiger partial charge on any atom is 0.252 e. The van der Waals surface area contributed by atoms with Crippen molar-refractivity contribution in [2.45, 2.75) is 0 Å². The molecule has 0 aliphatic carbocycles. The number of carbonyl (C=O) groups is 2. The largest absolute Gasteiger partial charge is 0.496 e.